The van der Waals surface area contributed by atoms with Crippen LogP contribution in [0.2, 0.25) is 5.02 Å². The molecule has 0 unspecified atom stereocenters. The second kappa shape index (κ2) is 7.78. The largest absolute Gasteiger partial charge is 0.493 e. The number of benzene rings is 3. The van der Waals surface area contributed by atoms with Gasteiger partial charge in [-0.3, -0.25) is 0 Å². The Hall–Kier alpha value is -3.24. The summed E-state index contributed by atoms with van der Waals surface area (Å²) in [5.41, 5.74) is 7.36. The van der Waals surface area contributed by atoms with Gasteiger partial charge in [-0.25, -0.2) is 4.39 Å². The van der Waals surface area contributed by atoms with Gasteiger partial charge in [-0.05, 0) is 66.1 Å². The molecule has 0 saturated carbocycles. The number of hydrogen-bond donors (Lipinski definition) is 0. The molecule has 5 heteroatoms. The van der Waals surface area contributed by atoms with Crippen molar-refractivity contribution in [3.8, 4) is 45.1 Å². The standard InChI is InChI=1S/C26H21ClFNO2/c1-30-24-13-17-11-12-29-23(16-7-9-18(28)10-8-16)14-21(19-5-3-4-6-22(19)27)26(29)20(17)15-25(24)31-2/h3-10,13-15H,11-12H2,1-2H3. The molecule has 0 aliphatic carbocycles. The van der Waals surface area contributed by atoms with Crippen molar-refractivity contribution >= 4 is 11.6 Å². The van der Waals surface area contributed by atoms with Gasteiger partial charge >= 0.3 is 0 Å². The SMILES string of the molecule is COc1cc2c(cc1OC)-c1c(-c3ccccc3Cl)cc(-c3ccc(F)cc3)n1CC2. The maximum Gasteiger partial charge on any atom is 0.161 e. The van der Waals surface area contributed by atoms with Crippen molar-refractivity contribution in [3.63, 3.8) is 0 Å². The molecule has 0 N–H and O–H groups in total. The molecule has 31 heavy (non-hydrogen) atoms. The topological polar surface area (TPSA) is 23.4 Å². The fraction of sp³-hybridized carbons (Fsp3) is 0.154. The van der Waals surface area contributed by atoms with Crippen LogP contribution in [0.4, 0.5) is 4.39 Å². The lowest BCUT2D eigenvalue weighted by Gasteiger charge is -2.24. The van der Waals surface area contributed by atoms with E-state index in [2.05, 4.69) is 16.7 Å². The van der Waals surface area contributed by atoms with Gasteiger partial charge in [-0.2, -0.15) is 0 Å². The summed E-state index contributed by atoms with van der Waals surface area (Å²) in [6.45, 7) is 0.801. The number of rotatable bonds is 4. The van der Waals surface area contributed by atoms with Crippen LogP contribution in [0, 0.1) is 5.82 Å². The van der Waals surface area contributed by atoms with Crippen LogP contribution in [0.25, 0.3) is 33.6 Å². The lowest BCUT2D eigenvalue weighted by molar-refractivity contribution is 0.354. The molecule has 3 nitrogen and oxygen atoms in total. The van der Waals surface area contributed by atoms with Gasteiger partial charge in [0.2, 0.25) is 0 Å². The molecule has 0 atom stereocenters. The zero-order chi connectivity index (χ0) is 21.5. The van der Waals surface area contributed by atoms with Crippen molar-refractivity contribution < 1.29 is 13.9 Å². The van der Waals surface area contributed by atoms with Crippen molar-refractivity contribution in [2.24, 2.45) is 0 Å². The van der Waals surface area contributed by atoms with E-state index in [1.807, 2.05) is 42.5 Å². The van der Waals surface area contributed by atoms with Crippen molar-refractivity contribution in [1.29, 1.82) is 0 Å². The molecule has 4 aromatic rings. The average molecular weight is 434 g/mol. The smallest absolute Gasteiger partial charge is 0.161 e. The molecule has 5 rings (SSSR count). The minimum Gasteiger partial charge on any atom is -0.493 e. The van der Waals surface area contributed by atoms with Crippen molar-refractivity contribution in [2.45, 2.75) is 13.0 Å². The van der Waals surface area contributed by atoms with Crippen LogP contribution in [0.5, 0.6) is 11.5 Å². The number of nitrogens with zero attached hydrogens (tertiary/aromatic N) is 1. The Morgan fingerprint density at radius 3 is 2.26 bits per heavy atom. The van der Waals surface area contributed by atoms with E-state index in [0.29, 0.717) is 10.8 Å². The molecular weight excluding hydrogens is 413 g/mol. The van der Waals surface area contributed by atoms with E-state index in [0.717, 1.165) is 52.4 Å². The molecule has 0 spiro atoms. The van der Waals surface area contributed by atoms with Gasteiger partial charge in [-0.15, -0.1) is 0 Å². The predicted octanol–water partition coefficient (Wildman–Crippen LogP) is 6.85. The van der Waals surface area contributed by atoms with Gasteiger partial charge in [0.15, 0.2) is 11.5 Å². The minimum atomic E-state index is -0.248. The first-order valence-corrected chi connectivity index (χ1v) is 10.5. The summed E-state index contributed by atoms with van der Waals surface area (Å²) in [7, 11) is 3.29. The Balaban J connectivity index is 1.81. The zero-order valence-corrected chi connectivity index (χ0v) is 18.0. The fourth-order valence-electron chi connectivity index (χ4n) is 4.40. The molecule has 156 valence electrons. The van der Waals surface area contributed by atoms with E-state index in [1.54, 1.807) is 14.2 Å². The summed E-state index contributed by atoms with van der Waals surface area (Å²) >= 11 is 6.61. The van der Waals surface area contributed by atoms with Crippen LogP contribution in [0.1, 0.15) is 5.56 Å². The first kappa shape index (κ1) is 19.7. The lowest BCUT2D eigenvalue weighted by atomic mass is 9.93. The molecule has 1 aliphatic rings. The van der Waals surface area contributed by atoms with E-state index in [9.17, 15) is 4.39 Å². The summed E-state index contributed by atoms with van der Waals surface area (Å²) in [5, 5.41) is 0.689. The summed E-state index contributed by atoms with van der Waals surface area (Å²) < 4.78 is 27.0. The van der Waals surface area contributed by atoms with Crippen LogP contribution >= 0.6 is 11.6 Å². The number of fused-ring (bicyclic) bond motifs is 3. The van der Waals surface area contributed by atoms with Gasteiger partial charge < -0.3 is 14.0 Å². The number of hydrogen-bond acceptors (Lipinski definition) is 2. The molecule has 2 heterocycles. The number of ether oxygens (including phenoxy) is 2. The van der Waals surface area contributed by atoms with Crippen LogP contribution in [-0.4, -0.2) is 18.8 Å². The Morgan fingerprint density at radius 2 is 1.55 bits per heavy atom. The van der Waals surface area contributed by atoms with Gasteiger partial charge in [-0.1, -0.05) is 29.8 Å². The van der Waals surface area contributed by atoms with E-state index in [-0.39, 0.29) is 5.82 Å². The molecule has 0 amide bonds. The Kier molecular flexibility index (Phi) is 4.95. The summed E-state index contributed by atoms with van der Waals surface area (Å²) in [4.78, 5) is 0. The van der Waals surface area contributed by atoms with Crippen LogP contribution in [0.15, 0.2) is 66.7 Å². The van der Waals surface area contributed by atoms with E-state index >= 15 is 0 Å². The highest BCUT2D eigenvalue weighted by Crippen LogP contribution is 2.47. The van der Waals surface area contributed by atoms with Crippen LogP contribution in [-0.2, 0) is 13.0 Å². The van der Waals surface area contributed by atoms with Crippen LogP contribution in [0.3, 0.4) is 0 Å². The molecule has 3 aromatic carbocycles. The van der Waals surface area contributed by atoms with Crippen molar-refractivity contribution in [1.82, 2.24) is 4.57 Å². The number of aryl methyl sites for hydroxylation is 1. The Morgan fingerprint density at radius 1 is 0.839 bits per heavy atom. The highest BCUT2D eigenvalue weighted by molar-refractivity contribution is 6.33. The Labute approximate surface area is 185 Å². The van der Waals surface area contributed by atoms with Gasteiger partial charge in [0.1, 0.15) is 5.82 Å². The minimum absolute atomic E-state index is 0.248. The first-order valence-electron chi connectivity index (χ1n) is 10.1. The number of halogens is 2. The molecular formula is C26H21ClFNO2. The molecule has 0 bridgehead atoms. The quantitative estimate of drug-likeness (QED) is 0.351. The normalized spacial score (nSPS) is 12.3. The van der Waals surface area contributed by atoms with Gasteiger partial charge in [0, 0.05) is 34.0 Å². The summed E-state index contributed by atoms with van der Waals surface area (Å²) in [6.07, 6.45) is 0.855. The third kappa shape index (κ3) is 3.28. The maximum absolute atomic E-state index is 13.6. The highest BCUT2D eigenvalue weighted by atomic mass is 35.5. The van der Waals surface area contributed by atoms with E-state index in [1.165, 1.54) is 17.7 Å². The van der Waals surface area contributed by atoms with Gasteiger partial charge in [0.25, 0.3) is 0 Å². The monoisotopic (exact) mass is 433 g/mol. The molecule has 0 radical (unpaired) electrons. The van der Waals surface area contributed by atoms with Crippen molar-refractivity contribution in [3.05, 3.63) is 83.1 Å². The molecule has 1 aliphatic heterocycles. The fourth-order valence-corrected chi connectivity index (χ4v) is 4.63. The second-order valence-electron chi connectivity index (χ2n) is 7.54. The molecule has 0 saturated heterocycles. The van der Waals surface area contributed by atoms with E-state index in [4.69, 9.17) is 21.1 Å². The van der Waals surface area contributed by atoms with Crippen LogP contribution < -0.4 is 9.47 Å². The Bertz CT molecular complexity index is 1280. The third-order valence-corrected chi connectivity index (χ3v) is 6.20. The molecule has 1 aromatic heterocycles. The van der Waals surface area contributed by atoms with Gasteiger partial charge in [0.05, 0.1) is 19.9 Å². The average Bonchev–Trinajstić information content (AvgIpc) is 3.18. The molecule has 0 fully saturated rings. The maximum atomic E-state index is 13.6. The summed E-state index contributed by atoms with van der Waals surface area (Å²) in [5.74, 6) is 1.16. The lowest BCUT2D eigenvalue weighted by Crippen LogP contribution is -2.12. The zero-order valence-electron chi connectivity index (χ0n) is 17.3. The van der Waals surface area contributed by atoms with E-state index < -0.39 is 0 Å². The highest BCUT2D eigenvalue weighted by Gasteiger charge is 2.27. The number of aromatic nitrogens is 1. The third-order valence-electron chi connectivity index (χ3n) is 5.87. The first-order chi connectivity index (χ1) is 15.1. The summed E-state index contributed by atoms with van der Waals surface area (Å²) in [6, 6.07) is 20.7. The second-order valence-corrected chi connectivity index (χ2v) is 7.95. The predicted molar refractivity (Wildman–Crippen MR) is 123 cm³/mol. The number of methoxy groups -OCH3 is 2. The van der Waals surface area contributed by atoms with Crippen molar-refractivity contribution in [2.75, 3.05) is 14.2 Å².